The molecule has 8 aromatic carbocycles. The van der Waals surface area contributed by atoms with E-state index in [9.17, 15) is 0 Å². The molecule has 1 aliphatic rings. The number of benzene rings is 8. The van der Waals surface area contributed by atoms with Crippen molar-refractivity contribution in [2.45, 2.75) is 35.1 Å². The Morgan fingerprint density at radius 3 is 1.57 bits per heavy atom. The minimum Gasteiger partial charge on any atom is -0.344 e. The van der Waals surface area contributed by atoms with Gasteiger partial charge in [-0.3, -0.25) is 0 Å². The molecule has 0 unspecified atom stereocenters. The van der Waals surface area contributed by atoms with Crippen LogP contribution in [0.25, 0.3) is 66.4 Å². The quantitative estimate of drug-likeness (QED) is 0.181. The number of nitrogens with zero attached hydrogens (tertiary/aromatic N) is 1. The van der Waals surface area contributed by atoms with Crippen LogP contribution in [0.3, 0.4) is 0 Å². The zero-order chi connectivity index (χ0) is 34.9. The van der Waals surface area contributed by atoms with Gasteiger partial charge >= 0.3 is 0 Å². The summed E-state index contributed by atoms with van der Waals surface area (Å²) in [5.74, 6) is 0. The maximum atomic E-state index is 2.41. The van der Waals surface area contributed by atoms with E-state index in [4.69, 9.17) is 0 Å². The van der Waals surface area contributed by atoms with Crippen molar-refractivity contribution < 1.29 is 0 Å². The first-order valence-electron chi connectivity index (χ1n) is 18.0. The average Bonchev–Trinajstić information content (AvgIpc) is 3.51. The van der Waals surface area contributed by atoms with Crippen LogP contribution in [0.4, 0.5) is 17.1 Å². The normalized spacial score (nSPS) is 10.5. The lowest BCUT2D eigenvalue weighted by Crippen LogP contribution is -2.10. The molecule has 8 aromatic rings. The fraction of sp³-hybridized carbons (Fsp3) is 0.0980. The van der Waals surface area contributed by atoms with Gasteiger partial charge in [0.25, 0.3) is 0 Å². The first-order valence-corrected chi connectivity index (χ1v) is 18.0. The first kappa shape index (κ1) is 39.0. The van der Waals surface area contributed by atoms with Gasteiger partial charge in [-0.15, -0.1) is 0 Å². The van der Waals surface area contributed by atoms with E-state index in [1.807, 2.05) is 13.8 Å². The predicted molar refractivity (Wildman–Crippen MR) is 237 cm³/mol. The monoisotopic (exact) mass is 705 g/mol. The highest BCUT2D eigenvalue weighted by Crippen LogP contribution is 2.51. The van der Waals surface area contributed by atoms with Crippen molar-refractivity contribution >= 4 is 27.8 Å². The second kappa shape index (κ2) is 16.6. The van der Waals surface area contributed by atoms with Crippen LogP contribution in [0.2, 0.25) is 0 Å². The lowest BCUT2D eigenvalue weighted by molar-refractivity contribution is 1.28. The summed E-state index contributed by atoms with van der Waals surface area (Å²) in [5.41, 5.74) is 18.6. The van der Waals surface area contributed by atoms with E-state index in [1.165, 1.54) is 77.5 Å². The maximum absolute atomic E-state index is 2.41. The van der Waals surface area contributed by atoms with Crippen molar-refractivity contribution in [3.8, 4) is 55.6 Å². The topological polar surface area (TPSA) is 73.2 Å². The Balaban J connectivity index is 0.00000110. The fourth-order valence-electron chi connectivity index (χ4n) is 7.81. The summed E-state index contributed by atoms with van der Waals surface area (Å²) < 4.78 is 0. The molecule has 270 valence electrons. The molecule has 0 radical (unpaired) electrons. The SMILES string of the molecule is C.CC.Cc1ccccc1-c1cc(-c2ccccc2)cc(N(c2ccccc2)c2cccc(-c3c(C)cc4c5c(cccc35)-c3ccccc3-4)c2)c1.N.N. The van der Waals surface area contributed by atoms with E-state index in [-0.39, 0.29) is 19.7 Å². The molecule has 6 N–H and O–H groups in total. The smallest absolute Gasteiger partial charge is 0.0473 e. The molecule has 3 nitrogen and oxygen atoms in total. The molecule has 0 amide bonds. The van der Waals surface area contributed by atoms with Crippen LogP contribution in [-0.4, -0.2) is 0 Å². The van der Waals surface area contributed by atoms with Crippen molar-refractivity contribution in [2.75, 3.05) is 4.90 Å². The molecule has 0 aliphatic heterocycles. The lowest BCUT2D eigenvalue weighted by atomic mass is 9.90. The molecule has 0 saturated heterocycles. The van der Waals surface area contributed by atoms with Crippen LogP contribution in [0.1, 0.15) is 32.4 Å². The maximum Gasteiger partial charge on any atom is 0.0473 e. The Hall–Kier alpha value is -6.26. The Labute approximate surface area is 321 Å². The second-order valence-electron chi connectivity index (χ2n) is 13.1. The summed E-state index contributed by atoms with van der Waals surface area (Å²) in [7, 11) is 0. The van der Waals surface area contributed by atoms with Gasteiger partial charge < -0.3 is 17.2 Å². The zero-order valence-electron chi connectivity index (χ0n) is 31.1. The van der Waals surface area contributed by atoms with Crippen LogP contribution in [0, 0.1) is 13.8 Å². The highest BCUT2D eigenvalue weighted by Gasteiger charge is 2.24. The van der Waals surface area contributed by atoms with Gasteiger partial charge in [-0.2, -0.15) is 0 Å². The third-order valence-electron chi connectivity index (χ3n) is 10.0. The van der Waals surface area contributed by atoms with Gasteiger partial charge in [-0.05, 0) is 134 Å². The Bertz CT molecular complexity index is 2520. The van der Waals surface area contributed by atoms with Crippen LogP contribution < -0.4 is 17.2 Å². The number of hydrogen-bond acceptors (Lipinski definition) is 3. The second-order valence-corrected chi connectivity index (χ2v) is 13.1. The van der Waals surface area contributed by atoms with Gasteiger partial charge in [0, 0.05) is 17.1 Å². The van der Waals surface area contributed by atoms with E-state index in [2.05, 4.69) is 195 Å². The number of hydrogen-bond donors (Lipinski definition) is 2. The molecule has 0 fully saturated rings. The predicted octanol–water partition coefficient (Wildman–Crippen LogP) is 15.6. The fourth-order valence-corrected chi connectivity index (χ4v) is 7.81. The van der Waals surface area contributed by atoms with E-state index in [1.54, 1.807) is 0 Å². The van der Waals surface area contributed by atoms with E-state index < -0.39 is 0 Å². The molecular formula is C51H51N3. The molecule has 54 heavy (non-hydrogen) atoms. The van der Waals surface area contributed by atoms with Crippen molar-refractivity contribution in [1.29, 1.82) is 0 Å². The highest BCUT2D eigenvalue weighted by atomic mass is 15.1. The Kier molecular flexibility index (Phi) is 12.0. The molecule has 0 atom stereocenters. The van der Waals surface area contributed by atoms with Gasteiger partial charge in [0.15, 0.2) is 0 Å². The number of aryl methyl sites for hydroxylation is 2. The molecular weight excluding hydrogens is 655 g/mol. The van der Waals surface area contributed by atoms with Crippen molar-refractivity contribution in [1.82, 2.24) is 12.3 Å². The minimum absolute atomic E-state index is 0. The number of para-hydroxylation sites is 1. The summed E-state index contributed by atoms with van der Waals surface area (Å²) in [5, 5.41) is 2.66. The average molecular weight is 706 g/mol. The van der Waals surface area contributed by atoms with Crippen LogP contribution >= 0.6 is 0 Å². The van der Waals surface area contributed by atoms with Gasteiger partial charge in [-0.25, -0.2) is 0 Å². The van der Waals surface area contributed by atoms with Crippen molar-refractivity contribution in [3.63, 3.8) is 0 Å². The summed E-state index contributed by atoms with van der Waals surface area (Å²) in [6.07, 6.45) is 0. The van der Waals surface area contributed by atoms with Crippen molar-refractivity contribution in [2.24, 2.45) is 0 Å². The van der Waals surface area contributed by atoms with Gasteiger partial charge in [-0.1, -0.05) is 155 Å². The lowest BCUT2D eigenvalue weighted by Gasteiger charge is -2.27. The number of rotatable bonds is 6. The highest BCUT2D eigenvalue weighted by molar-refractivity contribution is 6.19. The van der Waals surface area contributed by atoms with Crippen LogP contribution in [-0.2, 0) is 0 Å². The third-order valence-corrected chi connectivity index (χ3v) is 10.0. The zero-order valence-corrected chi connectivity index (χ0v) is 31.1. The number of fused-ring (bicyclic) bond motifs is 3. The summed E-state index contributed by atoms with van der Waals surface area (Å²) in [4.78, 5) is 2.41. The molecule has 0 saturated carbocycles. The Morgan fingerprint density at radius 2 is 0.870 bits per heavy atom. The van der Waals surface area contributed by atoms with Crippen molar-refractivity contribution in [3.05, 3.63) is 187 Å². The molecule has 1 aliphatic carbocycles. The van der Waals surface area contributed by atoms with Gasteiger partial charge in [0.1, 0.15) is 0 Å². The van der Waals surface area contributed by atoms with Gasteiger partial charge in [0.05, 0.1) is 0 Å². The molecule has 0 bridgehead atoms. The number of anilines is 3. The molecule has 0 spiro atoms. The summed E-state index contributed by atoms with van der Waals surface area (Å²) in [6.45, 7) is 8.46. The summed E-state index contributed by atoms with van der Waals surface area (Å²) >= 11 is 0. The summed E-state index contributed by atoms with van der Waals surface area (Å²) in [6, 6.07) is 64.2. The molecule has 0 aromatic heterocycles. The Morgan fingerprint density at radius 1 is 0.352 bits per heavy atom. The van der Waals surface area contributed by atoms with Crippen LogP contribution in [0.5, 0.6) is 0 Å². The third kappa shape index (κ3) is 6.83. The van der Waals surface area contributed by atoms with E-state index in [0.717, 1.165) is 17.1 Å². The van der Waals surface area contributed by atoms with Crippen LogP contribution in [0.15, 0.2) is 176 Å². The molecule has 0 heterocycles. The largest absolute Gasteiger partial charge is 0.344 e. The van der Waals surface area contributed by atoms with E-state index >= 15 is 0 Å². The van der Waals surface area contributed by atoms with E-state index in [0.29, 0.717) is 0 Å². The first-order chi connectivity index (χ1) is 25.1. The minimum atomic E-state index is 0. The molecule has 3 heteroatoms. The standard InChI is InChI=1S/C48H35N.C2H6.CH4.2H3N/c1-32-15-9-10-22-41(32)37-28-36(34-16-5-3-6-17-34)30-40(31-37)49(38-19-7-4-8-20-38)39-21-13-18-35(29-39)47-33(2)27-46-43-24-12-11-23-42(43)44-25-14-26-45(47)48(44)46;1-2;;;/h3-31H,1-2H3;1-2H3;1H4;2*1H3. The molecule has 9 rings (SSSR count). The van der Waals surface area contributed by atoms with Gasteiger partial charge in [0.2, 0.25) is 0 Å².